The lowest BCUT2D eigenvalue weighted by molar-refractivity contribution is -0.117. The van der Waals surface area contributed by atoms with Crippen molar-refractivity contribution in [3.8, 4) is 0 Å². The van der Waals surface area contributed by atoms with Gasteiger partial charge in [0.2, 0.25) is 5.91 Å². The second kappa shape index (κ2) is 3.61. The number of carbonyl (C=O) groups excluding carboxylic acids is 2. The van der Waals surface area contributed by atoms with Crippen LogP contribution in [0, 0.1) is 0 Å². The summed E-state index contributed by atoms with van der Waals surface area (Å²) >= 11 is 0. The summed E-state index contributed by atoms with van der Waals surface area (Å²) in [5.41, 5.74) is 6.00. The van der Waals surface area contributed by atoms with Crippen molar-refractivity contribution in [2.24, 2.45) is 5.73 Å². The Morgan fingerprint density at radius 1 is 1.67 bits per heavy atom. The van der Waals surface area contributed by atoms with Crippen LogP contribution in [0.15, 0.2) is 18.5 Å². The maximum absolute atomic E-state index is 10.5. The van der Waals surface area contributed by atoms with Gasteiger partial charge < -0.3 is 5.73 Å². The fourth-order valence-electron chi connectivity index (χ4n) is 0.890. The predicted molar refractivity (Wildman–Crippen MR) is 42.5 cm³/mol. The number of nitrogens with zero attached hydrogens (tertiary/aromatic N) is 1. The molecule has 1 aromatic heterocycles. The minimum absolute atomic E-state index is 0.0800. The van der Waals surface area contributed by atoms with Gasteiger partial charge in [-0.15, -0.1) is 0 Å². The molecule has 4 nitrogen and oxygen atoms in total. The zero-order chi connectivity index (χ0) is 8.97. The minimum atomic E-state index is -0.454. The van der Waals surface area contributed by atoms with Crippen molar-refractivity contribution >= 4 is 12.2 Å². The maximum Gasteiger partial charge on any atom is 0.221 e. The molecule has 1 amide bonds. The third-order valence-electron chi connectivity index (χ3n) is 1.44. The standard InChI is InChI=1S/C8H8N2O2/c9-8(12)3-6-1-2-10-4-7(6)5-11/h1-2,4-5H,3H2,(H2,9,12). The van der Waals surface area contributed by atoms with Crippen LogP contribution in [0.2, 0.25) is 0 Å². The summed E-state index contributed by atoms with van der Waals surface area (Å²) in [5.74, 6) is -0.454. The normalized spacial score (nSPS) is 9.33. The van der Waals surface area contributed by atoms with Crippen LogP contribution in [0.3, 0.4) is 0 Å². The second-order valence-corrected chi connectivity index (χ2v) is 2.34. The van der Waals surface area contributed by atoms with Crippen molar-refractivity contribution in [2.45, 2.75) is 6.42 Å². The topological polar surface area (TPSA) is 73.1 Å². The smallest absolute Gasteiger partial charge is 0.221 e. The van der Waals surface area contributed by atoms with Crippen LogP contribution in [0.5, 0.6) is 0 Å². The Labute approximate surface area is 69.4 Å². The van der Waals surface area contributed by atoms with E-state index in [-0.39, 0.29) is 6.42 Å². The lowest BCUT2D eigenvalue weighted by Crippen LogP contribution is -2.14. The molecule has 0 radical (unpaired) electrons. The van der Waals surface area contributed by atoms with Crippen LogP contribution in [0.1, 0.15) is 15.9 Å². The number of hydrogen-bond acceptors (Lipinski definition) is 3. The van der Waals surface area contributed by atoms with Gasteiger partial charge in [0.25, 0.3) is 0 Å². The Morgan fingerprint density at radius 2 is 2.42 bits per heavy atom. The van der Waals surface area contributed by atoms with E-state index in [1.807, 2.05) is 0 Å². The van der Waals surface area contributed by atoms with Crippen LogP contribution in [-0.2, 0) is 11.2 Å². The van der Waals surface area contributed by atoms with Crippen molar-refractivity contribution in [1.29, 1.82) is 0 Å². The van der Waals surface area contributed by atoms with Gasteiger partial charge in [-0.3, -0.25) is 14.6 Å². The van der Waals surface area contributed by atoms with Gasteiger partial charge in [-0.1, -0.05) is 0 Å². The third kappa shape index (κ3) is 1.88. The van der Waals surface area contributed by atoms with Gasteiger partial charge in [0.1, 0.15) is 0 Å². The first-order valence-electron chi connectivity index (χ1n) is 3.40. The van der Waals surface area contributed by atoms with E-state index in [1.165, 1.54) is 12.4 Å². The average molecular weight is 164 g/mol. The van der Waals surface area contributed by atoms with E-state index in [1.54, 1.807) is 6.07 Å². The number of aldehydes is 1. The van der Waals surface area contributed by atoms with Gasteiger partial charge in [0.15, 0.2) is 6.29 Å². The quantitative estimate of drug-likeness (QED) is 0.635. The average Bonchev–Trinajstić information content (AvgIpc) is 2.04. The molecular formula is C8H8N2O2. The summed E-state index contributed by atoms with van der Waals surface area (Å²) in [6, 6.07) is 1.61. The number of rotatable bonds is 3. The summed E-state index contributed by atoms with van der Waals surface area (Å²) in [5, 5.41) is 0. The second-order valence-electron chi connectivity index (χ2n) is 2.34. The molecule has 4 heteroatoms. The molecule has 0 saturated heterocycles. The summed E-state index contributed by atoms with van der Waals surface area (Å²) in [6.07, 6.45) is 3.67. The lowest BCUT2D eigenvalue weighted by atomic mass is 10.1. The largest absolute Gasteiger partial charge is 0.369 e. The Kier molecular flexibility index (Phi) is 2.53. The van der Waals surface area contributed by atoms with Gasteiger partial charge in [-0.2, -0.15) is 0 Å². The van der Waals surface area contributed by atoms with Crippen LogP contribution in [0.4, 0.5) is 0 Å². The number of amides is 1. The highest BCUT2D eigenvalue weighted by atomic mass is 16.1. The molecule has 62 valence electrons. The molecule has 1 heterocycles. The van der Waals surface area contributed by atoms with Crippen LogP contribution >= 0.6 is 0 Å². The molecule has 0 unspecified atom stereocenters. The summed E-state index contributed by atoms with van der Waals surface area (Å²) < 4.78 is 0. The number of primary amides is 1. The van der Waals surface area contributed by atoms with E-state index in [4.69, 9.17) is 5.73 Å². The predicted octanol–water partition coefficient (Wildman–Crippen LogP) is -0.0781. The van der Waals surface area contributed by atoms with Crippen LogP contribution in [-0.4, -0.2) is 17.2 Å². The van der Waals surface area contributed by atoms with E-state index >= 15 is 0 Å². The monoisotopic (exact) mass is 164 g/mol. The molecule has 0 aliphatic heterocycles. The summed E-state index contributed by atoms with van der Waals surface area (Å²) in [7, 11) is 0. The Balaban J connectivity index is 2.96. The first-order chi connectivity index (χ1) is 5.74. The molecule has 12 heavy (non-hydrogen) atoms. The molecule has 0 spiro atoms. The molecule has 0 aliphatic rings. The fraction of sp³-hybridized carbons (Fsp3) is 0.125. The molecule has 2 N–H and O–H groups in total. The SMILES string of the molecule is NC(=O)Cc1ccncc1C=O. The Hall–Kier alpha value is -1.71. The molecule has 1 rings (SSSR count). The van der Waals surface area contributed by atoms with E-state index in [0.717, 1.165) is 0 Å². The van der Waals surface area contributed by atoms with Gasteiger partial charge in [0, 0.05) is 18.0 Å². The van der Waals surface area contributed by atoms with E-state index in [9.17, 15) is 9.59 Å². The number of pyridine rings is 1. The number of aromatic nitrogens is 1. The van der Waals surface area contributed by atoms with Crippen molar-refractivity contribution in [3.05, 3.63) is 29.6 Å². The highest BCUT2D eigenvalue weighted by molar-refractivity contribution is 5.82. The molecular weight excluding hydrogens is 156 g/mol. The first-order valence-corrected chi connectivity index (χ1v) is 3.40. The maximum atomic E-state index is 10.5. The van der Waals surface area contributed by atoms with Gasteiger partial charge in [-0.25, -0.2) is 0 Å². The van der Waals surface area contributed by atoms with E-state index < -0.39 is 5.91 Å². The summed E-state index contributed by atoms with van der Waals surface area (Å²) in [4.78, 5) is 24.7. The van der Waals surface area contributed by atoms with Gasteiger partial charge >= 0.3 is 0 Å². The van der Waals surface area contributed by atoms with E-state index in [0.29, 0.717) is 17.4 Å². The molecule has 0 bridgehead atoms. The van der Waals surface area contributed by atoms with Gasteiger partial charge in [-0.05, 0) is 11.6 Å². The molecule has 0 fully saturated rings. The molecule has 0 aliphatic carbocycles. The molecule has 0 saturated carbocycles. The molecule has 1 aromatic rings. The van der Waals surface area contributed by atoms with Crippen molar-refractivity contribution in [3.63, 3.8) is 0 Å². The first kappa shape index (κ1) is 8.39. The van der Waals surface area contributed by atoms with Gasteiger partial charge in [0.05, 0.1) is 6.42 Å². The minimum Gasteiger partial charge on any atom is -0.369 e. The number of nitrogens with two attached hydrogens (primary N) is 1. The molecule has 0 atom stereocenters. The third-order valence-corrected chi connectivity index (χ3v) is 1.44. The zero-order valence-corrected chi connectivity index (χ0v) is 6.36. The zero-order valence-electron chi connectivity index (χ0n) is 6.36. The lowest BCUT2D eigenvalue weighted by Gasteiger charge is -1.98. The van der Waals surface area contributed by atoms with Crippen LogP contribution in [0.25, 0.3) is 0 Å². The summed E-state index contributed by atoms with van der Waals surface area (Å²) in [6.45, 7) is 0. The highest BCUT2D eigenvalue weighted by Gasteiger charge is 2.03. The van der Waals surface area contributed by atoms with Crippen molar-refractivity contribution < 1.29 is 9.59 Å². The Bertz CT molecular complexity index is 310. The van der Waals surface area contributed by atoms with Crippen molar-refractivity contribution in [2.75, 3.05) is 0 Å². The highest BCUT2D eigenvalue weighted by Crippen LogP contribution is 2.03. The number of carbonyl (C=O) groups is 2. The fourth-order valence-corrected chi connectivity index (χ4v) is 0.890. The molecule has 0 aromatic carbocycles. The van der Waals surface area contributed by atoms with E-state index in [2.05, 4.69) is 4.98 Å². The number of hydrogen-bond donors (Lipinski definition) is 1. The van der Waals surface area contributed by atoms with Crippen molar-refractivity contribution in [1.82, 2.24) is 4.98 Å². The van der Waals surface area contributed by atoms with Crippen LogP contribution < -0.4 is 5.73 Å². The Morgan fingerprint density at radius 3 is 3.00 bits per heavy atom.